The zero-order chi connectivity index (χ0) is 17.9. The van der Waals surface area contributed by atoms with Crippen LogP contribution in [0.5, 0.6) is 0 Å². The van der Waals surface area contributed by atoms with E-state index in [-0.39, 0.29) is 29.6 Å². The molecule has 2 aromatic carbocycles. The second-order valence-corrected chi connectivity index (χ2v) is 7.35. The van der Waals surface area contributed by atoms with Crippen molar-refractivity contribution in [2.24, 2.45) is 0 Å². The van der Waals surface area contributed by atoms with Gasteiger partial charge in [0.15, 0.2) is 0 Å². The molecular formula is C17H16FN3O3S. The minimum absolute atomic E-state index is 0.00540. The van der Waals surface area contributed by atoms with Crippen molar-refractivity contribution in [3.8, 4) is 11.5 Å². The lowest BCUT2D eigenvalue weighted by atomic mass is 10.2. The van der Waals surface area contributed by atoms with Crippen molar-refractivity contribution in [2.75, 3.05) is 0 Å². The second kappa shape index (κ2) is 7.12. The fourth-order valence-electron chi connectivity index (χ4n) is 2.19. The normalized spacial score (nSPS) is 11.6. The van der Waals surface area contributed by atoms with Crippen molar-refractivity contribution in [3.05, 3.63) is 71.4 Å². The molecule has 0 saturated heterocycles. The summed E-state index contributed by atoms with van der Waals surface area (Å²) in [6.07, 6.45) is 0. The molecule has 0 unspecified atom stereocenters. The first kappa shape index (κ1) is 17.2. The molecule has 0 aliphatic carbocycles. The minimum Gasteiger partial charge on any atom is -0.419 e. The van der Waals surface area contributed by atoms with Gasteiger partial charge in [0, 0.05) is 0 Å². The van der Waals surface area contributed by atoms with Crippen molar-refractivity contribution in [2.45, 2.75) is 19.2 Å². The average Bonchev–Trinajstić information content (AvgIpc) is 3.04. The summed E-state index contributed by atoms with van der Waals surface area (Å²) < 4.78 is 45.7. The van der Waals surface area contributed by atoms with E-state index >= 15 is 0 Å². The number of rotatable bonds is 6. The lowest BCUT2D eigenvalue weighted by molar-refractivity contribution is 0.490. The molecule has 1 heterocycles. The SMILES string of the molecule is Cc1ccc(CS(=O)(=O)NCc2nnc(-c3ccccc3F)o2)cc1. The monoisotopic (exact) mass is 361 g/mol. The van der Waals surface area contributed by atoms with Gasteiger partial charge in [-0.1, -0.05) is 42.0 Å². The van der Waals surface area contributed by atoms with E-state index in [0.717, 1.165) is 5.56 Å². The smallest absolute Gasteiger partial charge is 0.250 e. The highest BCUT2D eigenvalue weighted by atomic mass is 32.2. The van der Waals surface area contributed by atoms with E-state index in [1.165, 1.54) is 12.1 Å². The number of aryl methyl sites for hydroxylation is 1. The maximum atomic E-state index is 13.7. The summed E-state index contributed by atoms with van der Waals surface area (Å²) in [5.41, 5.74) is 1.90. The lowest BCUT2D eigenvalue weighted by Crippen LogP contribution is -2.24. The van der Waals surface area contributed by atoms with Crippen LogP contribution in [0.25, 0.3) is 11.5 Å². The quantitative estimate of drug-likeness (QED) is 0.730. The van der Waals surface area contributed by atoms with Gasteiger partial charge in [0.05, 0.1) is 17.9 Å². The topological polar surface area (TPSA) is 85.1 Å². The largest absolute Gasteiger partial charge is 0.419 e. The van der Waals surface area contributed by atoms with Crippen LogP contribution < -0.4 is 4.72 Å². The molecule has 0 aliphatic heterocycles. The molecule has 0 fully saturated rings. The first-order valence-corrected chi connectivity index (χ1v) is 9.18. The van der Waals surface area contributed by atoms with Crippen molar-refractivity contribution in [3.63, 3.8) is 0 Å². The lowest BCUT2D eigenvalue weighted by Gasteiger charge is -2.05. The number of nitrogens with one attached hydrogen (secondary N) is 1. The molecule has 0 bridgehead atoms. The maximum absolute atomic E-state index is 13.7. The van der Waals surface area contributed by atoms with Crippen LogP contribution >= 0.6 is 0 Å². The predicted molar refractivity (Wildman–Crippen MR) is 90.3 cm³/mol. The highest BCUT2D eigenvalue weighted by Gasteiger charge is 2.16. The molecule has 3 aromatic rings. The number of hydrogen-bond donors (Lipinski definition) is 1. The summed E-state index contributed by atoms with van der Waals surface area (Å²) >= 11 is 0. The summed E-state index contributed by atoms with van der Waals surface area (Å²) in [7, 11) is -3.56. The Morgan fingerprint density at radius 3 is 2.52 bits per heavy atom. The Hall–Kier alpha value is -2.58. The molecule has 0 amide bonds. The Kier molecular flexibility index (Phi) is 4.91. The molecular weight excluding hydrogens is 345 g/mol. The van der Waals surface area contributed by atoms with Gasteiger partial charge < -0.3 is 4.42 Å². The highest BCUT2D eigenvalue weighted by molar-refractivity contribution is 7.88. The van der Waals surface area contributed by atoms with E-state index in [0.29, 0.717) is 5.56 Å². The van der Waals surface area contributed by atoms with Gasteiger partial charge in [-0.2, -0.15) is 0 Å². The van der Waals surface area contributed by atoms with Crippen molar-refractivity contribution in [1.82, 2.24) is 14.9 Å². The highest BCUT2D eigenvalue weighted by Crippen LogP contribution is 2.20. The maximum Gasteiger partial charge on any atom is 0.250 e. The number of nitrogens with zero attached hydrogens (tertiary/aromatic N) is 2. The van der Waals surface area contributed by atoms with Gasteiger partial charge in [0.1, 0.15) is 5.82 Å². The number of hydrogen-bond acceptors (Lipinski definition) is 5. The molecule has 0 atom stereocenters. The number of sulfonamides is 1. The zero-order valence-electron chi connectivity index (χ0n) is 13.4. The number of halogens is 1. The van der Waals surface area contributed by atoms with Gasteiger partial charge in [-0.15, -0.1) is 10.2 Å². The minimum atomic E-state index is -3.56. The van der Waals surface area contributed by atoms with Crippen LogP contribution in [-0.4, -0.2) is 18.6 Å². The molecule has 0 radical (unpaired) electrons. The Morgan fingerprint density at radius 2 is 1.80 bits per heavy atom. The summed E-state index contributed by atoms with van der Waals surface area (Å²) in [6.45, 7) is 1.77. The van der Waals surface area contributed by atoms with Crippen molar-refractivity contribution >= 4 is 10.0 Å². The molecule has 6 nitrogen and oxygen atoms in total. The van der Waals surface area contributed by atoms with Gasteiger partial charge in [-0.05, 0) is 24.6 Å². The molecule has 3 rings (SSSR count). The molecule has 0 saturated carbocycles. The Balaban J connectivity index is 1.65. The van der Waals surface area contributed by atoms with E-state index < -0.39 is 15.8 Å². The fraction of sp³-hybridized carbons (Fsp3) is 0.176. The third-order valence-corrected chi connectivity index (χ3v) is 4.79. The van der Waals surface area contributed by atoms with Gasteiger partial charge in [-0.3, -0.25) is 0 Å². The molecule has 1 aromatic heterocycles. The van der Waals surface area contributed by atoms with Gasteiger partial charge in [-0.25, -0.2) is 17.5 Å². The molecule has 0 aliphatic rings. The second-order valence-electron chi connectivity index (χ2n) is 5.55. The van der Waals surface area contributed by atoms with Crippen LogP contribution in [0.3, 0.4) is 0 Å². The van der Waals surface area contributed by atoms with Crippen LogP contribution in [0.15, 0.2) is 52.9 Å². The Morgan fingerprint density at radius 1 is 1.08 bits per heavy atom. The van der Waals surface area contributed by atoms with Gasteiger partial charge >= 0.3 is 0 Å². The van der Waals surface area contributed by atoms with Crippen LogP contribution in [-0.2, 0) is 22.3 Å². The summed E-state index contributed by atoms with van der Waals surface area (Å²) in [4.78, 5) is 0. The predicted octanol–water partition coefficient (Wildman–Crippen LogP) is 2.80. The molecule has 25 heavy (non-hydrogen) atoms. The van der Waals surface area contributed by atoms with E-state index in [1.807, 2.05) is 19.1 Å². The average molecular weight is 361 g/mol. The fourth-order valence-corrected chi connectivity index (χ4v) is 3.27. The van der Waals surface area contributed by atoms with Gasteiger partial charge in [0.25, 0.3) is 5.89 Å². The van der Waals surface area contributed by atoms with Crippen LogP contribution in [0, 0.1) is 12.7 Å². The summed E-state index contributed by atoms with van der Waals surface area (Å²) in [6, 6.07) is 13.2. The standard InChI is InChI=1S/C17H16FN3O3S/c1-12-6-8-13(9-7-12)11-25(22,23)19-10-16-20-21-17(24-16)14-4-2-3-5-15(14)18/h2-9,19H,10-11H2,1H3. The third kappa shape index (κ3) is 4.49. The summed E-state index contributed by atoms with van der Waals surface area (Å²) in [5, 5.41) is 7.50. The van der Waals surface area contributed by atoms with E-state index in [4.69, 9.17) is 4.42 Å². The first-order valence-electron chi connectivity index (χ1n) is 7.53. The summed E-state index contributed by atoms with van der Waals surface area (Å²) in [5.74, 6) is -0.573. The Bertz CT molecular complexity index is 969. The zero-order valence-corrected chi connectivity index (χ0v) is 14.3. The molecule has 0 spiro atoms. The van der Waals surface area contributed by atoms with Crippen LogP contribution in [0.2, 0.25) is 0 Å². The van der Waals surface area contributed by atoms with E-state index in [9.17, 15) is 12.8 Å². The molecule has 130 valence electrons. The first-order chi connectivity index (χ1) is 11.9. The molecule has 1 N–H and O–H groups in total. The van der Waals surface area contributed by atoms with Gasteiger partial charge in [0.2, 0.25) is 15.9 Å². The van der Waals surface area contributed by atoms with Crippen molar-refractivity contribution in [1.29, 1.82) is 0 Å². The molecule has 8 heteroatoms. The Labute approximate surface area is 144 Å². The van der Waals surface area contributed by atoms with Crippen LogP contribution in [0.4, 0.5) is 4.39 Å². The van der Waals surface area contributed by atoms with E-state index in [2.05, 4.69) is 14.9 Å². The number of aromatic nitrogens is 2. The third-order valence-electron chi connectivity index (χ3n) is 3.49. The van der Waals surface area contributed by atoms with E-state index in [1.54, 1.807) is 24.3 Å². The van der Waals surface area contributed by atoms with Crippen LogP contribution in [0.1, 0.15) is 17.0 Å². The van der Waals surface area contributed by atoms with Crippen molar-refractivity contribution < 1.29 is 17.2 Å². The number of benzene rings is 2.